The van der Waals surface area contributed by atoms with Crippen LogP contribution in [-0.2, 0) is 0 Å². The molecule has 2 fully saturated rings. The molecule has 0 radical (unpaired) electrons. The normalized spacial score (nSPS) is 22.7. The monoisotopic (exact) mass is 246 g/mol. The van der Waals surface area contributed by atoms with E-state index in [1.54, 1.807) is 6.20 Å². The van der Waals surface area contributed by atoms with Crippen LogP contribution in [0.3, 0.4) is 0 Å². The fourth-order valence-electron chi connectivity index (χ4n) is 3.61. The molecule has 18 heavy (non-hydrogen) atoms. The Bertz CT molecular complexity index is 459. The molecule has 0 unspecified atom stereocenters. The van der Waals surface area contributed by atoms with Crippen LogP contribution >= 0.6 is 0 Å². The molecule has 0 amide bonds. The maximum Gasteiger partial charge on any atom is 0.290 e. The van der Waals surface area contributed by atoms with E-state index in [2.05, 4.69) is 4.98 Å². The number of aromatic nitrogens is 1. The lowest BCUT2D eigenvalue weighted by Gasteiger charge is -2.47. The average molecular weight is 246 g/mol. The summed E-state index contributed by atoms with van der Waals surface area (Å²) in [6.45, 7) is 0. The average Bonchev–Trinajstić information content (AvgIpc) is 2.37. The summed E-state index contributed by atoms with van der Waals surface area (Å²) in [5.74, 6) is 0.361. The summed E-state index contributed by atoms with van der Waals surface area (Å²) in [4.78, 5) is 14.6. The maximum atomic E-state index is 11.0. The third-order valence-electron chi connectivity index (χ3n) is 4.93. The van der Waals surface area contributed by atoms with Crippen LogP contribution in [0.25, 0.3) is 0 Å². The van der Waals surface area contributed by atoms with Gasteiger partial charge in [0.1, 0.15) is 6.20 Å². The van der Waals surface area contributed by atoms with E-state index < -0.39 is 0 Å². The van der Waals surface area contributed by atoms with Crippen molar-refractivity contribution >= 4 is 5.69 Å². The van der Waals surface area contributed by atoms with Crippen LogP contribution in [0.1, 0.15) is 56.4 Å². The second-order valence-electron chi connectivity index (χ2n) is 5.82. The second kappa shape index (κ2) is 4.34. The van der Waals surface area contributed by atoms with Crippen LogP contribution < -0.4 is 0 Å². The molecule has 1 heterocycles. The number of rotatable bonds is 2. The molecule has 0 aromatic carbocycles. The summed E-state index contributed by atoms with van der Waals surface area (Å²) < 4.78 is 0. The molecule has 2 aliphatic rings. The van der Waals surface area contributed by atoms with Gasteiger partial charge >= 0.3 is 0 Å². The van der Waals surface area contributed by atoms with Gasteiger partial charge in [-0.05, 0) is 55.9 Å². The van der Waals surface area contributed by atoms with E-state index in [0.29, 0.717) is 11.3 Å². The summed E-state index contributed by atoms with van der Waals surface area (Å²) >= 11 is 0. The topological polar surface area (TPSA) is 56.0 Å². The predicted molar refractivity (Wildman–Crippen MR) is 68.4 cm³/mol. The van der Waals surface area contributed by atoms with E-state index in [0.717, 1.165) is 18.4 Å². The number of pyridine rings is 1. The fourth-order valence-corrected chi connectivity index (χ4v) is 3.61. The second-order valence-corrected chi connectivity index (χ2v) is 5.82. The first-order valence-electron chi connectivity index (χ1n) is 6.79. The molecule has 1 spiro atoms. The van der Waals surface area contributed by atoms with Gasteiger partial charge in [0.2, 0.25) is 0 Å². The summed E-state index contributed by atoms with van der Waals surface area (Å²) in [5.41, 5.74) is 1.70. The lowest BCUT2D eigenvalue weighted by molar-refractivity contribution is -0.386. The van der Waals surface area contributed by atoms with Crippen molar-refractivity contribution < 1.29 is 4.92 Å². The first kappa shape index (κ1) is 11.6. The molecule has 1 aromatic heterocycles. The highest BCUT2D eigenvalue weighted by Gasteiger charge is 2.41. The third-order valence-corrected chi connectivity index (χ3v) is 4.93. The number of hydrogen-bond donors (Lipinski definition) is 0. The van der Waals surface area contributed by atoms with Crippen molar-refractivity contribution in [2.45, 2.75) is 50.9 Å². The van der Waals surface area contributed by atoms with E-state index in [4.69, 9.17) is 0 Å². The standard InChI is InChI=1S/C14H18N2O2/c17-16(18)13-10-15-9-4-12(13)11-2-7-14(8-3-11)5-1-6-14/h4,9-11H,1-3,5-8H2. The Morgan fingerprint density at radius 1 is 1.28 bits per heavy atom. The van der Waals surface area contributed by atoms with Crippen LogP contribution in [-0.4, -0.2) is 9.91 Å². The first-order valence-corrected chi connectivity index (χ1v) is 6.79. The lowest BCUT2D eigenvalue weighted by atomic mass is 9.58. The minimum absolute atomic E-state index is 0.201. The maximum absolute atomic E-state index is 11.0. The van der Waals surface area contributed by atoms with Gasteiger partial charge in [0.25, 0.3) is 5.69 Å². The van der Waals surface area contributed by atoms with E-state index in [9.17, 15) is 10.1 Å². The van der Waals surface area contributed by atoms with Crippen molar-refractivity contribution in [2.24, 2.45) is 5.41 Å². The van der Waals surface area contributed by atoms with Crippen molar-refractivity contribution in [3.8, 4) is 0 Å². The Labute approximate surface area is 107 Å². The molecule has 4 nitrogen and oxygen atoms in total. The Kier molecular flexibility index (Phi) is 2.80. The highest BCUT2D eigenvalue weighted by atomic mass is 16.6. The molecule has 0 bridgehead atoms. The summed E-state index contributed by atoms with van der Waals surface area (Å²) in [6.07, 6.45) is 11.9. The van der Waals surface area contributed by atoms with Gasteiger partial charge in [-0.25, -0.2) is 0 Å². The zero-order valence-electron chi connectivity index (χ0n) is 10.5. The first-order chi connectivity index (χ1) is 8.70. The van der Waals surface area contributed by atoms with Gasteiger partial charge in [0.05, 0.1) is 4.92 Å². The molecular weight excluding hydrogens is 228 g/mol. The predicted octanol–water partition coefficient (Wildman–Crippen LogP) is 3.82. The van der Waals surface area contributed by atoms with Gasteiger partial charge in [-0.1, -0.05) is 6.42 Å². The Morgan fingerprint density at radius 2 is 2.00 bits per heavy atom. The van der Waals surface area contributed by atoms with Gasteiger partial charge < -0.3 is 0 Å². The Morgan fingerprint density at radius 3 is 2.56 bits per heavy atom. The third kappa shape index (κ3) is 1.89. The largest absolute Gasteiger partial charge is 0.290 e. The molecule has 3 rings (SSSR count). The molecule has 2 saturated carbocycles. The van der Waals surface area contributed by atoms with E-state index in [-0.39, 0.29) is 10.6 Å². The van der Waals surface area contributed by atoms with E-state index in [1.165, 1.54) is 38.3 Å². The van der Waals surface area contributed by atoms with Crippen LogP contribution in [0, 0.1) is 15.5 Å². The van der Waals surface area contributed by atoms with E-state index in [1.807, 2.05) is 6.07 Å². The minimum Gasteiger partial charge on any atom is -0.258 e. The van der Waals surface area contributed by atoms with Crippen molar-refractivity contribution in [2.75, 3.05) is 0 Å². The van der Waals surface area contributed by atoms with Gasteiger partial charge in [0.15, 0.2) is 0 Å². The highest BCUT2D eigenvalue weighted by molar-refractivity contribution is 5.39. The minimum atomic E-state index is -0.296. The van der Waals surface area contributed by atoms with E-state index >= 15 is 0 Å². The molecule has 0 N–H and O–H groups in total. The molecular formula is C14H18N2O2. The zero-order valence-corrected chi connectivity index (χ0v) is 10.5. The van der Waals surface area contributed by atoms with Crippen molar-refractivity contribution in [3.05, 3.63) is 34.1 Å². The van der Waals surface area contributed by atoms with Gasteiger partial charge in [0, 0.05) is 11.8 Å². The van der Waals surface area contributed by atoms with Crippen molar-refractivity contribution in [1.82, 2.24) is 4.98 Å². The van der Waals surface area contributed by atoms with Crippen LogP contribution in [0.4, 0.5) is 5.69 Å². The van der Waals surface area contributed by atoms with Crippen molar-refractivity contribution in [3.63, 3.8) is 0 Å². The summed E-state index contributed by atoms with van der Waals surface area (Å²) in [5, 5.41) is 11.0. The number of hydrogen-bond acceptors (Lipinski definition) is 3. The van der Waals surface area contributed by atoms with Crippen LogP contribution in [0.2, 0.25) is 0 Å². The Hall–Kier alpha value is -1.45. The van der Waals surface area contributed by atoms with Crippen LogP contribution in [0.15, 0.2) is 18.5 Å². The van der Waals surface area contributed by atoms with Gasteiger partial charge in [-0.2, -0.15) is 0 Å². The molecule has 1 aromatic rings. The van der Waals surface area contributed by atoms with Crippen molar-refractivity contribution in [1.29, 1.82) is 0 Å². The van der Waals surface area contributed by atoms with Gasteiger partial charge in [-0.15, -0.1) is 0 Å². The lowest BCUT2D eigenvalue weighted by Crippen LogP contribution is -2.33. The summed E-state index contributed by atoms with van der Waals surface area (Å²) in [6, 6.07) is 1.83. The zero-order chi connectivity index (χ0) is 12.6. The quantitative estimate of drug-likeness (QED) is 0.588. The Balaban J connectivity index is 1.78. The number of nitro groups is 1. The van der Waals surface area contributed by atoms with Gasteiger partial charge in [-0.3, -0.25) is 15.1 Å². The molecule has 2 aliphatic carbocycles. The summed E-state index contributed by atoms with van der Waals surface area (Å²) in [7, 11) is 0. The molecule has 0 aliphatic heterocycles. The molecule has 4 heteroatoms. The van der Waals surface area contributed by atoms with Crippen LogP contribution in [0.5, 0.6) is 0 Å². The molecule has 0 saturated heterocycles. The highest BCUT2D eigenvalue weighted by Crippen LogP contribution is 2.54. The molecule has 0 atom stereocenters. The SMILES string of the molecule is O=[N+]([O-])c1cnccc1C1CCC2(CCC2)CC1. The fraction of sp³-hybridized carbons (Fsp3) is 0.643. The smallest absolute Gasteiger partial charge is 0.258 e. The number of nitrogens with zero attached hydrogens (tertiary/aromatic N) is 2. The molecule has 96 valence electrons.